The zero-order chi connectivity index (χ0) is 13.0. The molecule has 1 fully saturated rings. The largest absolute Gasteiger partial charge is 0.394 e. The number of hydrogen-bond acceptors (Lipinski definition) is 4. The average Bonchev–Trinajstić information content (AvgIpc) is 2.42. The third-order valence-electron chi connectivity index (χ3n) is 3.87. The zero-order valence-electron chi connectivity index (χ0n) is 11.3. The normalized spacial score (nSPS) is 24.1. The van der Waals surface area contributed by atoms with Gasteiger partial charge in [0.05, 0.1) is 12.6 Å². The Morgan fingerprint density at radius 1 is 1.39 bits per heavy atom. The Bertz CT molecular complexity index is 357. The molecule has 1 aromatic rings. The third kappa shape index (κ3) is 2.88. The van der Waals surface area contributed by atoms with E-state index in [0.29, 0.717) is 6.04 Å². The average molecular weight is 249 g/mol. The molecule has 1 aromatic heterocycles. The van der Waals surface area contributed by atoms with Crippen LogP contribution in [-0.4, -0.2) is 58.7 Å². The van der Waals surface area contributed by atoms with Gasteiger partial charge in [0, 0.05) is 38.1 Å². The summed E-state index contributed by atoms with van der Waals surface area (Å²) in [5.74, 6) is 0. The van der Waals surface area contributed by atoms with Gasteiger partial charge in [-0.2, -0.15) is 0 Å². The Morgan fingerprint density at radius 3 is 2.67 bits per heavy atom. The third-order valence-corrected chi connectivity index (χ3v) is 3.87. The lowest BCUT2D eigenvalue weighted by atomic mass is 10.0. The summed E-state index contributed by atoms with van der Waals surface area (Å²) in [6.07, 6.45) is 3.59. The second-order valence-electron chi connectivity index (χ2n) is 4.96. The molecule has 1 saturated heterocycles. The topological polar surface area (TPSA) is 39.6 Å². The minimum absolute atomic E-state index is 0.0991. The number of pyridine rings is 1. The summed E-state index contributed by atoms with van der Waals surface area (Å²) in [5.41, 5.74) is 1.16. The van der Waals surface area contributed by atoms with Crippen molar-refractivity contribution in [1.29, 1.82) is 0 Å². The molecule has 0 amide bonds. The fourth-order valence-corrected chi connectivity index (χ4v) is 2.78. The van der Waals surface area contributed by atoms with Gasteiger partial charge in [0.15, 0.2) is 0 Å². The number of aromatic nitrogens is 1. The van der Waals surface area contributed by atoms with Gasteiger partial charge in [0.1, 0.15) is 0 Å². The van der Waals surface area contributed by atoms with Gasteiger partial charge in [-0.15, -0.1) is 0 Å². The van der Waals surface area contributed by atoms with E-state index in [1.54, 1.807) is 12.4 Å². The highest BCUT2D eigenvalue weighted by Crippen LogP contribution is 2.24. The summed E-state index contributed by atoms with van der Waals surface area (Å²) in [7, 11) is 0. The van der Waals surface area contributed by atoms with Crippen molar-refractivity contribution in [3.8, 4) is 0 Å². The van der Waals surface area contributed by atoms with Gasteiger partial charge < -0.3 is 10.0 Å². The second kappa shape index (κ2) is 6.27. The van der Waals surface area contributed by atoms with Gasteiger partial charge >= 0.3 is 0 Å². The fraction of sp³-hybridized carbons (Fsp3) is 0.643. The van der Waals surface area contributed by atoms with Crippen molar-refractivity contribution >= 4 is 0 Å². The van der Waals surface area contributed by atoms with E-state index in [4.69, 9.17) is 0 Å². The maximum Gasteiger partial charge on any atom is 0.0628 e. The van der Waals surface area contributed by atoms with Crippen LogP contribution in [0.4, 0.5) is 0 Å². The minimum atomic E-state index is 0.0991. The van der Waals surface area contributed by atoms with E-state index < -0.39 is 0 Å². The molecule has 0 spiro atoms. The molecule has 1 N–H and O–H groups in total. The first-order chi connectivity index (χ1) is 8.76. The zero-order valence-corrected chi connectivity index (χ0v) is 11.3. The van der Waals surface area contributed by atoms with E-state index in [9.17, 15) is 5.11 Å². The molecule has 0 aliphatic carbocycles. The quantitative estimate of drug-likeness (QED) is 0.868. The van der Waals surface area contributed by atoms with Crippen LogP contribution in [0.1, 0.15) is 25.5 Å². The first-order valence-electron chi connectivity index (χ1n) is 6.75. The summed E-state index contributed by atoms with van der Waals surface area (Å²) >= 11 is 0. The predicted octanol–water partition coefficient (Wildman–Crippen LogP) is 1.14. The Morgan fingerprint density at radius 2 is 2.11 bits per heavy atom. The van der Waals surface area contributed by atoms with Gasteiger partial charge in [-0.3, -0.25) is 9.88 Å². The summed E-state index contributed by atoms with van der Waals surface area (Å²) in [6.45, 7) is 8.90. The van der Waals surface area contributed by atoms with Crippen LogP contribution >= 0.6 is 0 Å². The first-order valence-corrected chi connectivity index (χ1v) is 6.75. The van der Waals surface area contributed by atoms with Gasteiger partial charge in [-0.25, -0.2) is 0 Å². The highest BCUT2D eigenvalue weighted by Gasteiger charge is 2.29. The summed E-state index contributed by atoms with van der Waals surface area (Å²) in [5, 5.41) is 9.70. The number of piperazine rings is 1. The molecule has 0 saturated carbocycles. The van der Waals surface area contributed by atoms with Crippen molar-refractivity contribution < 1.29 is 5.11 Å². The highest BCUT2D eigenvalue weighted by molar-refractivity contribution is 5.16. The lowest BCUT2D eigenvalue weighted by Crippen LogP contribution is -2.53. The lowest BCUT2D eigenvalue weighted by molar-refractivity contribution is 0.0270. The van der Waals surface area contributed by atoms with Crippen molar-refractivity contribution in [2.75, 3.05) is 32.8 Å². The van der Waals surface area contributed by atoms with Crippen LogP contribution in [0.2, 0.25) is 0 Å². The molecule has 2 heterocycles. The molecular weight excluding hydrogens is 226 g/mol. The summed E-state index contributed by atoms with van der Waals surface area (Å²) in [4.78, 5) is 8.91. The van der Waals surface area contributed by atoms with Crippen LogP contribution in [0.25, 0.3) is 0 Å². The predicted molar refractivity (Wildman–Crippen MR) is 72.3 cm³/mol. The van der Waals surface area contributed by atoms with E-state index in [1.807, 2.05) is 12.1 Å². The number of aliphatic hydroxyl groups excluding tert-OH is 1. The van der Waals surface area contributed by atoms with Gasteiger partial charge in [-0.1, -0.05) is 6.92 Å². The molecule has 18 heavy (non-hydrogen) atoms. The minimum Gasteiger partial charge on any atom is -0.394 e. The molecule has 4 nitrogen and oxygen atoms in total. The molecular formula is C14H23N3O. The number of likely N-dealkylation sites (N-methyl/N-ethyl adjacent to an activating group) is 1. The highest BCUT2D eigenvalue weighted by atomic mass is 16.3. The number of hydrogen-bond donors (Lipinski definition) is 1. The standard InChI is InChI=1S/C14H23N3O/c1-3-16-8-9-17(12(2)10-16)14(11-18)13-4-6-15-7-5-13/h4-7,12,14,18H,3,8-11H2,1-2H3. The van der Waals surface area contributed by atoms with E-state index in [1.165, 1.54) is 0 Å². The maximum atomic E-state index is 9.70. The molecule has 0 bridgehead atoms. The Balaban J connectivity index is 2.09. The van der Waals surface area contributed by atoms with Crippen molar-refractivity contribution in [2.45, 2.75) is 25.9 Å². The van der Waals surface area contributed by atoms with Crippen molar-refractivity contribution in [2.24, 2.45) is 0 Å². The number of rotatable bonds is 4. The Hall–Kier alpha value is -0.970. The number of nitrogens with zero attached hydrogens (tertiary/aromatic N) is 3. The van der Waals surface area contributed by atoms with Crippen molar-refractivity contribution in [3.63, 3.8) is 0 Å². The molecule has 0 radical (unpaired) electrons. The van der Waals surface area contributed by atoms with Crippen LogP contribution < -0.4 is 0 Å². The first kappa shape index (κ1) is 13.5. The summed E-state index contributed by atoms with van der Waals surface area (Å²) in [6, 6.07) is 4.57. The number of aliphatic hydroxyl groups is 1. The van der Waals surface area contributed by atoms with Gasteiger partial charge in [0.2, 0.25) is 0 Å². The molecule has 2 atom stereocenters. The molecule has 2 unspecified atom stereocenters. The van der Waals surface area contributed by atoms with E-state index in [2.05, 4.69) is 28.6 Å². The van der Waals surface area contributed by atoms with Crippen LogP contribution in [0, 0.1) is 0 Å². The van der Waals surface area contributed by atoms with Crippen LogP contribution in [-0.2, 0) is 0 Å². The van der Waals surface area contributed by atoms with Gasteiger partial charge in [0.25, 0.3) is 0 Å². The maximum absolute atomic E-state index is 9.70. The molecule has 0 aromatic carbocycles. The summed E-state index contributed by atoms with van der Waals surface area (Å²) < 4.78 is 0. The molecule has 4 heteroatoms. The van der Waals surface area contributed by atoms with E-state index >= 15 is 0 Å². The van der Waals surface area contributed by atoms with Crippen LogP contribution in [0.5, 0.6) is 0 Å². The molecule has 100 valence electrons. The van der Waals surface area contributed by atoms with Crippen molar-refractivity contribution in [3.05, 3.63) is 30.1 Å². The monoisotopic (exact) mass is 249 g/mol. The molecule has 2 rings (SSSR count). The second-order valence-corrected chi connectivity index (χ2v) is 4.96. The Labute approximate surface area is 109 Å². The van der Waals surface area contributed by atoms with Crippen LogP contribution in [0.15, 0.2) is 24.5 Å². The van der Waals surface area contributed by atoms with Gasteiger partial charge in [-0.05, 0) is 31.2 Å². The lowest BCUT2D eigenvalue weighted by Gasteiger charge is -2.43. The van der Waals surface area contributed by atoms with E-state index in [-0.39, 0.29) is 12.6 Å². The van der Waals surface area contributed by atoms with Crippen LogP contribution in [0.3, 0.4) is 0 Å². The Kier molecular flexibility index (Phi) is 4.69. The fourth-order valence-electron chi connectivity index (χ4n) is 2.78. The van der Waals surface area contributed by atoms with E-state index in [0.717, 1.165) is 31.7 Å². The SMILES string of the molecule is CCN1CCN(C(CO)c2ccncc2)C(C)C1. The molecule has 1 aliphatic rings. The van der Waals surface area contributed by atoms with Crippen molar-refractivity contribution in [1.82, 2.24) is 14.8 Å². The molecule has 1 aliphatic heterocycles. The smallest absolute Gasteiger partial charge is 0.0628 e.